The van der Waals surface area contributed by atoms with Gasteiger partial charge in [0.1, 0.15) is 0 Å². The average Bonchev–Trinajstić information content (AvgIpc) is 2.91. The summed E-state index contributed by atoms with van der Waals surface area (Å²) in [4.78, 5) is 15.3. The van der Waals surface area contributed by atoms with E-state index in [1.165, 1.54) is 11.3 Å². The molecule has 4 heteroatoms. The van der Waals surface area contributed by atoms with Crippen molar-refractivity contribution in [3.05, 3.63) is 51.1 Å². The van der Waals surface area contributed by atoms with E-state index in [-0.39, 0.29) is 5.78 Å². The van der Waals surface area contributed by atoms with Crippen LogP contribution in [0.2, 0.25) is 0 Å². The van der Waals surface area contributed by atoms with Crippen molar-refractivity contribution in [3.63, 3.8) is 0 Å². The fraction of sp³-hybridized carbons (Fsp3) is 0.312. The highest BCUT2D eigenvalue weighted by Gasteiger charge is 2.14. The van der Waals surface area contributed by atoms with Crippen molar-refractivity contribution in [1.29, 1.82) is 0 Å². The van der Waals surface area contributed by atoms with Crippen LogP contribution in [-0.4, -0.2) is 18.9 Å². The van der Waals surface area contributed by atoms with Crippen LogP contribution in [0.25, 0.3) is 0 Å². The quantitative estimate of drug-likeness (QED) is 0.654. The first kappa shape index (κ1) is 15.3. The van der Waals surface area contributed by atoms with Crippen molar-refractivity contribution in [2.24, 2.45) is 0 Å². The number of Topliss-reactive ketones (excluding diaryl/α,β-unsaturated/α-hetero) is 1. The lowest BCUT2D eigenvalue weighted by Crippen LogP contribution is -2.30. The Bertz CT molecular complexity index is 553. The van der Waals surface area contributed by atoms with E-state index in [1.807, 2.05) is 30.3 Å². The molecule has 2 rings (SSSR count). The zero-order chi connectivity index (χ0) is 14.4. The minimum absolute atomic E-state index is 0.181. The molecule has 0 aliphatic rings. The molecular weight excluding hydrogens is 334 g/mol. The number of carbonyl (C=O) groups excluding carboxylic acids is 1. The molecule has 1 heterocycles. The topological polar surface area (TPSA) is 20.3 Å². The van der Waals surface area contributed by atoms with Gasteiger partial charge in [-0.25, -0.2) is 0 Å². The standard InChI is InChI=1S/C16H18BrNOS/c1-2-3-11-18(13-7-5-4-6-8-13)12-14(19)15-9-10-16(17)20-15/h4-10H,2-3,11-12H2,1H3. The summed E-state index contributed by atoms with van der Waals surface area (Å²) in [6, 6.07) is 14.0. The third kappa shape index (κ3) is 4.18. The molecule has 0 spiro atoms. The molecule has 0 radical (unpaired) electrons. The van der Waals surface area contributed by atoms with Gasteiger partial charge in [-0.3, -0.25) is 4.79 Å². The number of ketones is 1. The molecule has 106 valence electrons. The highest BCUT2D eigenvalue weighted by molar-refractivity contribution is 9.11. The Morgan fingerprint density at radius 1 is 1.20 bits per heavy atom. The van der Waals surface area contributed by atoms with Crippen LogP contribution < -0.4 is 4.90 Å². The first-order chi connectivity index (χ1) is 9.70. The summed E-state index contributed by atoms with van der Waals surface area (Å²) < 4.78 is 1.00. The lowest BCUT2D eigenvalue weighted by atomic mass is 10.2. The molecule has 20 heavy (non-hydrogen) atoms. The summed E-state index contributed by atoms with van der Waals surface area (Å²) in [5.41, 5.74) is 1.12. The number of hydrogen-bond donors (Lipinski definition) is 0. The number of rotatable bonds is 7. The van der Waals surface area contributed by atoms with Crippen LogP contribution in [0.5, 0.6) is 0 Å². The van der Waals surface area contributed by atoms with Crippen LogP contribution in [0, 0.1) is 0 Å². The Hall–Kier alpha value is -1.13. The fourth-order valence-electron chi connectivity index (χ4n) is 2.00. The van der Waals surface area contributed by atoms with Gasteiger partial charge in [0.2, 0.25) is 0 Å². The van der Waals surface area contributed by atoms with Gasteiger partial charge in [-0.05, 0) is 46.6 Å². The van der Waals surface area contributed by atoms with Crippen LogP contribution >= 0.6 is 27.3 Å². The zero-order valence-electron chi connectivity index (χ0n) is 11.5. The van der Waals surface area contributed by atoms with Gasteiger partial charge in [-0.1, -0.05) is 31.5 Å². The number of thiophene rings is 1. The Labute approximate surface area is 132 Å². The number of hydrogen-bond acceptors (Lipinski definition) is 3. The van der Waals surface area contributed by atoms with Crippen molar-refractivity contribution in [2.75, 3.05) is 18.0 Å². The number of unbranched alkanes of at least 4 members (excludes halogenated alkanes) is 1. The second kappa shape index (κ2) is 7.60. The second-order valence-electron chi connectivity index (χ2n) is 4.64. The largest absolute Gasteiger partial charge is 0.364 e. The van der Waals surface area contributed by atoms with E-state index in [0.29, 0.717) is 6.54 Å². The van der Waals surface area contributed by atoms with E-state index in [0.717, 1.165) is 33.7 Å². The van der Waals surface area contributed by atoms with Crippen LogP contribution in [0.3, 0.4) is 0 Å². The molecule has 0 saturated heterocycles. The molecule has 2 aromatic rings. The minimum atomic E-state index is 0.181. The summed E-state index contributed by atoms with van der Waals surface area (Å²) >= 11 is 4.90. The molecule has 0 saturated carbocycles. The van der Waals surface area contributed by atoms with Crippen LogP contribution in [-0.2, 0) is 0 Å². The van der Waals surface area contributed by atoms with Gasteiger partial charge in [0.25, 0.3) is 0 Å². The monoisotopic (exact) mass is 351 g/mol. The lowest BCUT2D eigenvalue weighted by Gasteiger charge is -2.23. The minimum Gasteiger partial charge on any atom is -0.364 e. The number of carbonyl (C=O) groups is 1. The molecular formula is C16H18BrNOS. The lowest BCUT2D eigenvalue weighted by molar-refractivity contribution is 0.100. The summed E-state index contributed by atoms with van der Waals surface area (Å²) in [5, 5.41) is 0. The maximum atomic E-state index is 12.4. The molecule has 1 aromatic heterocycles. The predicted octanol–water partition coefficient (Wildman–Crippen LogP) is 5.00. The summed E-state index contributed by atoms with van der Waals surface area (Å²) in [5.74, 6) is 0.181. The first-order valence-corrected chi connectivity index (χ1v) is 8.40. The molecule has 1 aromatic carbocycles. The molecule has 0 unspecified atom stereocenters. The van der Waals surface area contributed by atoms with E-state index in [2.05, 4.69) is 39.9 Å². The molecule has 2 nitrogen and oxygen atoms in total. The SMILES string of the molecule is CCCCN(CC(=O)c1ccc(Br)s1)c1ccccc1. The van der Waals surface area contributed by atoms with E-state index in [1.54, 1.807) is 0 Å². The van der Waals surface area contributed by atoms with Crippen molar-refractivity contribution in [1.82, 2.24) is 0 Å². The van der Waals surface area contributed by atoms with E-state index in [4.69, 9.17) is 0 Å². The number of benzene rings is 1. The number of nitrogens with zero attached hydrogens (tertiary/aromatic N) is 1. The van der Waals surface area contributed by atoms with Crippen molar-refractivity contribution in [2.45, 2.75) is 19.8 Å². The van der Waals surface area contributed by atoms with E-state index < -0.39 is 0 Å². The van der Waals surface area contributed by atoms with Gasteiger partial charge in [-0.15, -0.1) is 11.3 Å². The van der Waals surface area contributed by atoms with Gasteiger partial charge in [0, 0.05) is 12.2 Å². The molecule has 0 aliphatic heterocycles. The fourth-order valence-corrected chi connectivity index (χ4v) is 3.32. The molecule has 0 aliphatic carbocycles. The Kier molecular flexibility index (Phi) is 5.80. The third-order valence-electron chi connectivity index (χ3n) is 3.09. The van der Waals surface area contributed by atoms with E-state index in [9.17, 15) is 4.79 Å². The summed E-state index contributed by atoms with van der Waals surface area (Å²) in [7, 11) is 0. The van der Waals surface area contributed by atoms with Gasteiger partial charge < -0.3 is 4.90 Å². The average molecular weight is 352 g/mol. The Morgan fingerprint density at radius 2 is 1.95 bits per heavy atom. The van der Waals surface area contributed by atoms with E-state index >= 15 is 0 Å². The molecule has 0 fully saturated rings. The van der Waals surface area contributed by atoms with Crippen molar-refractivity contribution >= 4 is 38.7 Å². The second-order valence-corrected chi connectivity index (χ2v) is 7.10. The van der Waals surface area contributed by atoms with Gasteiger partial charge in [0.05, 0.1) is 15.2 Å². The van der Waals surface area contributed by atoms with Crippen molar-refractivity contribution in [3.8, 4) is 0 Å². The number of para-hydroxylation sites is 1. The predicted molar refractivity (Wildman–Crippen MR) is 89.9 cm³/mol. The maximum Gasteiger partial charge on any atom is 0.192 e. The zero-order valence-corrected chi connectivity index (χ0v) is 13.9. The van der Waals surface area contributed by atoms with Crippen LogP contribution in [0.1, 0.15) is 29.4 Å². The molecule has 0 atom stereocenters. The number of halogens is 1. The molecule has 0 bridgehead atoms. The third-order valence-corrected chi connectivity index (χ3v) is 4.75. The first-order valence-electron chi connectivity index (χ1n) is 6.79. The Morgan fingerprint density at radius 3 is 2.55 bits per heavy atom. The summed E-state index contributed by atoms with van der Waals surface area (Å²) in [6.07, 6.45) is 2.22. The smallest absolute Gasteiger partial charge is 0.192 e. The van der Waals surface area contributed by atoms with Gasteiger partial charge in [-0.2, -0.15) is 0 Å². The number of anilines is 1. The van der Waals surface area contributed by atoms with Crippen molar-refractivity contribution < 1.29 is 4.79 Å². The highest BCUT2D eigenvalue weighted by atomic mass is 79.9. The maximum absolute atomic E-state index is 12.4. The van der Waals surface area contributed by atoms with Gasteiger partial charge in [0.15, 0.2) is 5.78 Å². The van der Waals surface area contributed by atoms with Crippen LogP contribution in [0.4, 0.5) is 5.69 Å². The molecule has 0 amide bonds. The van der Waals surface area contributed by atoms with Gasteiger partial charge >= 0.3 is 0 Å². The highest BCUT2D eigenvalue weighted by Crippen LogP contribution is 2.23. The summed E-state index contributed by atoms with van der Waals surface area (Å²) in [6.45, 7) is 3.52. The molecule has 0 N–H and O–H groups in total. The Balaban J connectivity index is 2.09. The van der Waals surface area contributed by atoms with Crippen LogP contribution in [0.15, 0.2) is 46.3 Å². The normalized spacial score (nSPS) is 10.5.